The molecule has 1 aromatic carbocycles. The maximum absolute atomic E-state index is 12.8. The third-order valence-electron chi connectivity index (χ3n) is 2.83. The van der Waals surface area contributed by atoms with Gasteiger partial charge in [0.2, 0.25) is 0 Å². The van der Waals surface area contributed by atoms with Crippen molar-refractivity contribution in [2.45, 2.75) is 39.5 Å². The van der Waals surface area contributed by atoms with E-state index in [-0.39, 0.29) is 6.04 Å². The van der Waals surface area contributed by atoms with E-state index in [0.29, 0.717) is 12.1 Å². The first kappa shape index (κ1) is 14.0. The number of benzene rings is 1. The zero-order chi connectivity index (χ0) is 13.1. The van der Waals surface area contributed by atoms with Crippen molar-refractivity contribution in [3.8, 4) is 0 Å². The minimum atomic E-state index is -4.27. The molecule has 17 heavy (non-hydrogen) atoms. The number of rotatable bonds is 4. The van der Waals surface area contributed by atoms with Gasteiger partial charge in [0.25, 0.3) is 0 Å². The highest BCUT2D eigenvalue weighted by Gasteiger charge is 2.33. The maximum Gasteiger partial charge on any atom is 0.416 e. The average molecular weight is 245 g/mol. The van der Waals surface area contributed by atoms with E-state index in [4.69, 9.17) is 0 Å². The Hall–Kier alpha value is -1.03. The van der Waals surface area contributed by atoms with Crippen LogP contribution in [0.25, 0.3) is 0 Å². The second-order valence-electron chi connectivity index (χ2n) is 4.31. The monoisotopic (exact) mass is 245 g/mol. The van der Waals surface area contributed by atoms with Crippen LogP contribution in [0, 0.1) is 0 Å². The summed E-state index contributed by atoms with van der Waals surface area (Å²) in [5.41, 5.74) is -0.186. The molecular formula is C13H18F3N. The van der Waals surface area contributed by atoms with Crippen LogP contribution in [0.4, 0.5) is 13.2 Å². The van der Waals surface area contributed by atoms with Crippen molar-refractivity contribution in [2.24, 2.45) is 0 Å². The first-order valence-electron chi connectivity index (χ1n) is 5.75. The quantitative estimate of drug-likeness (QED) is 0.776. The maximum atomic E-state index is 12.8. The number of nitrogens with zero attached hydrogens (tertiary/aromatic N) is 1. The largest absolute Gasteiger partial charge is 0.416 e. The predicted octanol–water partition coefficient (Wildman–Crippen LogP) is 3.94. The molecule has 1 nitrogen and oxygen atoms in total. The Labute approximate surface area is 100 Å². The molecule has 96 valence electrons. The number of hydrogen-bond acceptors (Lipinski definition) is 1. The third kappa shape index (κ3) is 3.73. The zero-order valence-electron chi connectivity index (χ0n) is 10.4. The van der Waals surface area contributed by atoms with Crippen LogP contribution in [0.15, 0.2) is 24.3 Å². The van der Waals surface area contributed by atoms with Gasteiger partial charge in [-0.3, -0.25) is 4.90 Å². The number of alkyl halides is 3. The van der Waals surface area contributed by atoms with Gasteiger partial charge in [0, 0.05) is 12.6 Å². The Morgan fingerprint density at radius 3 is 2.24 bits per heavy atom. The van der Waals surface area contributed by atoms with Gasteiger partial charge in [-0.2, -0.15) is 13.2 Å². The van der Waals surface area contributed by atoms with Crippen LogP contribution in [0.1, 0.15) is 31.9 Å². The van der Waals surface area contributed by atoms with Crippen molar-refractivity contribution in [3.63, 3.8) is 0 Å². The van der Waals surface area contributed by atoms with Gasteiger partial charge < -0.3 is 0 Å². The summed E-state index contributed by atoms with van der Waals surface area (Å²) >= 11 is 0. The highest BCUT2D eigenvalue weighted by molar-refractivity contribution is 5.29. The second kappa shape index (κ2) is 5.54. The van der Waals surface area contributed by atoms with Crippen LogP contribution in [-0.4, -0.2) is 17.5 Å². The first-order valence-corrected chi connectivity index (χ1v) is 5.75. The Balaban J connectivity index is 2.98. The van der Waals surface area contributed by atoms with E-state index >= 15 is 0 Å². The minimum Gasteiger partial charge on any atom is -0.297 e. The predicted molar refractivity (Wildman–Crippen MR) is 62.7 cm³/mol. The van der Waals surface area contributed by atoms with E-state index in [0.717, 1.165) is 12.6 Å². The Bertz CT molecular complexity index is 358. The summed E-state index contributed by atoms with van der Waals surface area (Å²) in [6, 6.07) is 6.01. The topological polar surface area (TPSA) is 3.24 Å². The molecule has 0 unspecified atom stereocenters. The van der Waals surface area contributed by atoms with Crippen LogP contribution in [0.3, 0.4) is 0 Å². The fraction of sp³-hybridized carbons (Fsp3) is 0.538. The molecule has 0 bridgehead atoms. The summed E-state index contributed by atoms with van der Waals surface area (Å²) in [6.45, 7) is 7.00. The van der Waals surface area contributed by atoms with Crippen molar-refractivity contribution in [3.05, 3.63) is 35.4 Å². The summed E-state index contributed by atoms with van der Waals surface area (Å²) in [5, 5.41) is 0. The van der Waals surface area contributed by atoms with Gasteiger partial charge in [-0.25, -0.2) is 0 Å². The van der Waals surface area contributed by atoms with Gasteiger partial charge in [-0.05, 0) is 32.0 Å². The molecule has 0 aromatic heterocycles. The number of hydrogen-bond donors (Lipinski definition) is 0. The molecule has 0 heterocycles. The SMILES string of the molecule is CCN(Cc1ccccc1C(F)(F)F)C(C)C. The molecule has 1 rings (SSSR count). The van der Waals surface area contributed by atoms with E-state index < -0.39 is 11.7 Å². The van der Waals surface area contributed by atoms with E-state index in [1.165, 1.54) is 6.07 Å². The van der Waals surface area contributed by atoms with Crippen LogP contribution in [0.2, 0.25) is 0 Å². The fourth-order valence-corrected chi connectivity index (χ4v) is 1.81. The molecule has 0 atom stereocenters. The molecule has 1 aromatic rings. The Morgan fingerprint density at radius 2 is 1.76 bits per heavy atom. The lowest BCUT2D eigenvalue weighted by Crippen LogP contribution is -2.30. The second-order valence-corrected chi connectivity index (χ2v) is 4.31. The average Bonchev–Trinajstić information content (AvgIpc) is 2.24. The summed E-state index contributed by atoms with van der Waals surface area (Å²) in [4.78, 5) is 2.00. The lowest BCUT2D eigenvalue weighted by Gasteiger charge is -2.26. The summed E-state index contributed by atoms with van der Waals surface area (Å²) in [7, 11) is 0. The van der Waals surface area contributed by atoms with E-state index in [9.17, 15) is 13.2 Å². The molecule has 0 N–H and O–H groups in total. The summed E-state index contributed by atoms with van der Waals surface area (Å²) < 4.78 is 38.4. The van der Waals surface area contributed by atoms with Crippen molar-refractivity contribution < 1.29 is 13.2 Å². The van der Waals surface area contributed by atoms with Crippen molar-refractivity contribution in [1.29, 1.82) is 0 Å². The summed E-state index contributed by atoms with van der Waals surface area (Å²) in [6.07, 6.45) is -4.27. The van der Waals surface area contributed by atoms with Gasteiger partial charge in [0.15, 0.2) is 0 Å². The summed E-state index contributed by atoms with van der Waals surface area (Å²) in [5.74, 6) is 0. The number of halogens is 3. The van der Waals surface area contributed by atoms with Crippen molar-refractivity contribution >= 4 is 0 Å². The van der Waals surface area contributed by atoms with Gasteiger partial charge in [0.05, 0.1) is 5.56 Å². The lowest BCUT2D eigenvalue weighted by atomic mass is 10.1. The van der Waals surface area contributed by atoms with E-state index in [1.807, 2.05) is 25.7 Å². The molecular weight excluding hydrogens is 227 g/mol. The third-order valence-corrected chi connectivity index (χ3v) is 2.83. The van der Waals surface area contributed by atoms with Crippen molar-refractivity contribution in [2.75, 3.05) is 6.54 Å². The van der Waals surface area contributed by atoms with Gasteiger partial charge in [-0.1, -0.05) is 25.1 Å². The molecule has 0 radical (unpaired) electrons. The highest BCUT2D eigenvalue weighted by atomic mass is 19.4. The molecule has 0 aliphatic heterocycles. The molecule has 0 aliphatic carbocycles. The normalized spacial score (nSPS) is 12.5. The first-order chi connectivity index (χ1) is 7.86. The van der Waals surface area contributed by atoms with Crippen LogP contribution in [0.5, 0.6) is 0 Å². The molecule has 0 saturated heterocycles. The van der Waals surface area contributed by atoms with E-state index in [1.54, 1.807) is 12.1 Å². The van der Waals surface area contributed by atoms with Crippen LogP contribution in [-0.2, 0) is 12.7 Å². The fourth-order valence-electron chi connectivity index (χ4n) is 1.81. The van der Waals surface area contributed by atoms with Crippen molar-refractivity contribution in [1.82, 2.24) is 4.90 Å². The molecule has 0 aliphatic rings. The van der Waals surface area contributed by atoms with Gasteiger partial charge in [0.1, 0.15) is 0 Å². The zero-order valence-corrected chi connectivity index (χ0v) is 10.4. The Kier molecular flexibility index (Phi) is 4.57. The minimum absolute atomic E-state index is 0.237. The molecule has 0 spiro atoms. The smallest absolute Gasteiger partial charge is 0.297 e. The standard InChI is InChI=1S/C13H18F3N/c1-4-17(10(2)3)9-11-7-5-6-8-12(11)13(14,15)16/h5-8,10H,4,9H2,1-3H3. The highest BCUT2D eigenvalue weighted by Crippen LogP contribution is 2.32. The molecule has 0 amide bonds. The Morgan fingerprint density at radius 1 is 1.18 bits per heavy atom. The molecule has 4 heteroatoms. The van der Waals surface area contributed by atoms with Crippen LogP contribution >= 0.6 is 0 Å². The van der Waals surface area contributed by atoms with Gasteiger partial charge in [-0.15, -0.1) is 0 Å². The van der Waals surface area contributed by atoms with Gasteiger partial charge >= 0.3 is 6.18 Å². The van der Waals surface area contributed by atoms with E-state index in [2.05, 4.69) is 0 Å². The molecule has 0 saturated carbocycles. The van der Waals surface area contributed by atoms with Crippen LogP contribution < -0.4 is 0 Å². The lowest BCUT2D eigenvalue weighted by molar-refractivity contribution is -0.138. The molecule has 0 fully saturated rings.